The number of nitrogens with zero attached hydrogens (tertiary/aromatic N) is 2. The molecule has 1 saturated heterocycles. The summed E-state index contributed by atoms with van der Waals surface area (Å²) in [6.07, 6.45) is 1.78. The maximum absolute atomic E-state index is 14.9. The summed E-state index contributed by atoms with van der Waals surface area (Å²) < 4.78 is 31.7. The summed E-state index contributed by atoms with van der Waals surface area (Å²) in [7, 11) is 0. The van der Waals surface area contributed by atoms with Crippen LogP contribution in [0.2, 0.25) is 0 Å². The third kappa shape index (κ3) is 5.74. The van der Waals surface area contributed by atoms with Crippen molar-refractivity contribution < 1.29 is 32.7 Å². The van der Waals surface area contributed by atoms with Gasteiger partial charge in [-0.15, -0.1) is 0 Å². The first-order chi connectivity index (χ1) is 19.9. The molecule has 3 aromatic carbocycles. The van der Waals surface area contributed by atoms with Gasteiger partial charge in [0.05, 0.1) is 18.2 Å². The molecule has 10 nitrogen and oxygen atoms in total. The number of fused-ring (bicyclic) bond motifs is 7. The molecule has 0 aliphatic carbocycles. The van der Waals surface area contributed by atoms with E-state index in [9.17, 15) is 18.8 Å². The number of likely N-dealkylation sites (tertiary alicyclic amines) is 1. The Kier molecular flexibility index (Phi) is 7.07. The Labute approximate surface area is 234 Å². The summed E-state index contributed by atoms with van der Waals surface area (Å²) in [6.45, 7) is 0.383. The first kappa shape index (κ1) is 26.1. The molecule has 3 aliphatic heterocycles. The number of hydrogen-bond acceptors (Lipinski definition) is 7. The van der Waals surface area contributed by atoms with E-state index in [1.165, 1.54) is 29.7 Å². The fourth-order valence-corrected chi connectivity index (χ4v) is 4.83. The molecule has 208 valence electrons. The molecule has 0 spiro atoms. The van der Waals surface area contributed by atoms with Crippen LogP contribution in [0.5, 0.6) is 11.5 Å². The van der Waals surface area contributed by atoms with Crippen LogP contribution in [-0.2, 0) is 11.3 Å². The van der Waals surface area contributed by atoms with E-state index in [4.69, 9.17) is 13.9 Å². The Morgan fingerprint density at radius 1 is 0.976 bits per heavy atom. The lowest BCUT2D eigenvalue weighted by Gasteiger charge is -2.21. The largest absolute Gasteiger partial charge is 0.486 e. The highest BCUT2D eigenvalue weighted by molar-refractivity contribution is 5.96. The third-order valence-electron chi connectivity index (χ3n) is 6.97. The Morgan fingerprint density at radius 3 is 2.61 bits per heavy atom. The van der Waals surface area contributed by atoms with Crippen LogP contribution in [-0.4, -0.2) is 59.4 Å². The fraction of sp³-hybridized carbons (Fsp3) is 0.200. The summed E-state index contributed by atoms with van der Waals surface area (Å²) in [5.41, 5.74) is 2.08. The highest BCUT2D eigenvalue weighted by atomic mass is 19.1. The van der Waals surface area contributed by atoms with E-state index in [-0.39, 0.29) is 42.8 Å². The molecule has 3 aliphatic rings. The standard InChI is InChI=1S/C30H25FN4O6/c31-24-9-6-20-11-23(24)29(37)34-25-13-35(30(38)26-15-39-17-33-26)14-27(25)41-21-7-4-18(5-8-21)12-32-28(36)16-40-22-3-1-2-19(20)10-22/h1-11,15,17,25,27H,12-14,16H2,(H,32,36)(H,34,37)/t25-,27-/m0/s1. The van der Waals surface area contributed by atoms with Gasteiger partial charge in [0.15, 0.2) is 18.7 Å². The van der Waals surface area contributed by atoms with Gasteiger partial charge in [0, 0.05) is 13.1 Å². The van der Waals surface area contributed by atoms with E-state index in [0.29, 0.717) is 29.2 Å². The van der Waals surface area contributed by atoms with E-state index in [2.05, 4.69) is 15.6 Å². The number of carbonyl (C=O) groups is 3. The molecule has 1 fully saturated rings. The zero-order valence-corrected chi connectivity index (χ0v) is 21.7. The number of carbonyl (C=O) groups excluding carboxylic acids is 3. The highest BCUT2D eigenvalue weighted by Crippen LogP contribution is 2.27. The number of benzene rings is 3. The average molecular weight is 557 g/mol. The number of amides is 3. The number of halogens is 1. The molecule has 0 unspecified atom stereocenters. The summed E-state index contributed by atoms with van der Waals surface area (Å²) in [4.78, 5) is 44.2. The summed E-state index contributed by atoms with van der Waals surface area (Å²) in [5.74, 6) is -1.06. The van der Waals surface area contributed by atoms with E-state index in [1.54, 1.807) is 54.6 Å². The molecule has 41 heavy (non-hydrogen) atoms. The van der Waals surface area contributed by atoms with Crippen LogP contribution in [0.15, 0.2) is 83.8 Å². The maximum Gasteiger partial charge on any atom is 0.276 e. The van der Waals surface area contributed by atoms with Crippen molar-refractivity contribution in [3.05, 3.63) is 102 Å². The minimum atomic E-state index is -0.695. The second kappa shape index (κ2) is 11.1. The molecular weight excluding hydrogens is 531 g/mol. The van der Waals surface area contributed by atoms with Gasteiger partial charge in [0.2, 0.25) is 0 Å². The van der Waals surface area contributed by atoms with Gasteiger partial charge in [-0.05, 0) is 53.1 Å². The first-order valence-electron chi connectivity index (χ1n) is 13.0. The lowest BCUT2D eigenvalue weighted by Crippen LogP contribution is -2.45. The second-order valence-electron chi connectivity index (χ2n) is 9.75. The molecule has 7 rings (SSSR count). The Morgan fingerprint density at radius 2 is 1.80 bits per heavy atom. The molecule has 1 aromatic heterocycles. The minimum Gasteiger partial charge on any atom is -0.486 e. The molecule has 11 heteroatoms. The van der Waals surface area contributed by atoms with Crippen LogP contribution >= 0.6 is 0 Å². The van der Waals surface area contributed by atoms with Gasteiger partial charge in [0.1, 0.15) is 29.7 Å². The molecule has 2 atom stereocenters. The highest BCUT2D eigenvalue weighted by Gasteiger charge is 2.39. The van der Waals surface area contributed by atoms with Crippen LogP contribution < -0.4 is 20.1 Å². The smallest absolute Gasteiger partial charge is 0.276 e. The van der Waals surface area contributed by atoms with Gasteiger partial charge >= 0.3 is 0 Å². The number of aromatic nitrogens is 1. The van der Waals surface area contributed by atoms with E-state index < -0.39 is 23.9 Å². The fourth-order valence-electron chi connectivity index (χ4n) is 4.83. The molecule has 2 N–H and O–H groups in total. The van der Waals surface area contributed by atoms with Crippen LogP contribution in [0, 0.1) is 5.82 Å². The minimum absolute atomic E-state index is 0.118. The number of ether oxygens (including phenoxy) is 2. The SMILES string of the molecule is O=C1COc2cccc(c2)-c2ccc(F)c(c2)C(=O)N[C@H]2CN(C(=O)c3cocn3)C[C@@H]2Oc2ccc(cc2)CN1. The van der Waals surface area contributed by atoms with Gasteiger partial charge < -0.3 is 29.4 Å². The van der Waals surface area contributed by atoms with Gasteiger partial charge in [-0.1, -0.05) is 30.3 Å². The Bertz CT molecular complexity index is 1590. The zero-order chi connectivity index (χ0) is 28.3. The van der Waals surface area contributed by atoms with E-state index in [0.717, 1.165) is 5.56 Å². The van der Waals surface area contributed by atoms with Crippen molar-refractivity contribution in [2.75, 3.05) is 19.7 Å². The first-order valence-corrected chi connectivity index (χ1v) is 13.0. The van der Waals surface area contributed by atoms with Gasteiger partial charge in [-0.25, -0.2) is 9.37 Å². The van der Waals surface area contributed by atoms with Crippen molar-refractivity contribution in [1.82, 2.24) is 20.5 Å². The quantitative estimate of drug-likeness (QED) is 0.369. The monoisotopic (exact) mass is 556 g/mol. The van der Waals surface area contributed by atoms with E-state index in [1.807, 2.05) is 0 Å². The maximum atomic E-state index is 14.9. The van der Waals surface area contributed by atoms with Crippen LogP contribution in [0.4, 0.5) is 4.39 Å². The summed E-state index contributed by atoms with van der Waals surface area (Å²) in [6, 6.07) is 17.7. The lowest BCUT2D eigenvalue weighted by atomic mass is 10.0. The van der Waals surface area contributed by atoms with Crippen molar-refractivity contribution in [2.45, 2.75) is 18.7 Å². The molecule has 4 aromatic rings. The third-order valence-corrected chi connectivity index (χ3v) is 6.97. The number of hydrogen-bond donors (Lipinski definition) is 2. The summed E-state index contributed by atoms with van der Waals surface area (Å²) >= 11 is 0. The van der Waals surface area contributed by atoms with Gasteiger partial charge in [-0.3, -0.25) is 14.4 Å². The van der Waals surface area contributed by atoms with Gasteiger partial charge in [-0.2, -0.15) is 0 Å². The Balaban J connectivity index is 1.34. The number of nitrogens with one attached hydrogen (secondary N) is 2. The Hall–Kier alpha value is -5.19. The van der Waals surface area contributed by atoms with E-state index >= 15 is 0 Å². The van der Waals surface area contributed by atoms with Crippen LogP contribution in [0.25, 0.3) is 11.1 Å². The molecular formula is C30H25FN4O6. The number of oxazole rings is 1. The lowest BCUT2D eigenvalue weighted by molar-refractivity contribution is -0.123. The zero-order valence-electron chi connectivity index (χ0n) is 21.7. The topological polar surface area (TPSA) is 123 Å². The van der Waals surface area contributed by atoms with Crippen LogP contribution in [0.1, 0.15) is 26.4 Å². The molecule has 6 bridgehead atoms. The van der Waals surface area contributed by atoms with Crippen molar-refractivity contribution in [1.29, 1.82) is 0 Å². The predicted octanol–water partition coefficient (Wildman–Crippen LogP) is 3.19. The number of rotatable bonds is 1. The van der Waals surface area contributed by atoms with Crippen LogP contribution in [0.3, 0.4) is 0 Å². The van der Waals surface area contributed by atoms with Crippen molar-refractivity contribution >= 4 is 17.7 Å². The van der Waals surface area contributed by atoms with Crippen molar-refractivity contribution in [3.63, 3.8) is 0 Å². The second-order valence-corrected chi connectivity index (χ2v) is 9.75. The van der Waals surface area contributed by atoms with Crippen molar-refractivity contribution in [2.24, 2.45) is 0 Å². The summed E-state index contributed by atoms with van der Waals surface area (Å²) in [5, 5.41) is 5.69. The van der Waals surface area contributed by atoms with Gasteiger partial charge in [0.25, 0.3) is 17.7 Å². The molecule has 3 amide bonds. The van der Waals surface area contributed by atoms with Crippen molar-refractivity contribution in [3.8, 4) is 22.6 Å². The molecule has 0 radical (unpaired) electrons. The average Bonchev–Trinajstić information content (AvgIpc) is 3.66. The predicted molar refractivity (Wildman–Crippen MR) is 144 cm³/mol. The normalized spacial score (nSPS) is 18.9. The molecule has 4 heterocycles. The molecule has 0 saturated carbocycles.